The lowest BCUT2D eigenvalue weighted by molar-refractivity contribution is -0.124. The number of hydrogen-bond donors (Lipinski definition) is 2. The van der Waals surface area contributed by atoms with Crippen molar-refractivity contribution in [3.8, 4) is 0 Å². The van der Waals surface area contributed by atoms with Gasteiger partial charge < -0.3 is 15.0 Å². The summed E-state index contributed by atoms with van der Waals surface area (Å²) in [6, 6.07) is 4.14. The molecule has 2 aliphatic carbocycles. The molecule has 5 heteroatoms. The lowest BCUT2D eigenvalue weighted by Gasteiger charge is -2.17. The average Bonchev–Trinajstić information content (AvgIpc) is 3.30. The molecule has 3 aliphatic rings. The molecule has 1 saturated heterocycles. The summed E-state index contributed by atoms with van der Waals surface area (Å²) in [5, 5.41) is 6.67. The van der Waals surface area contributed by atoms with Crippen LogP contribution in [-0.2, 0) is 10.3 Å². The van der Waals surface area contributed by atoms with E-state index in [2.05, 4.69) is 33.0 Å². The summed E-state index contributed by atoms with van der Waals surface area (Å²) in [4.78, 5) is 17.2. The first-order valence-corrected chi connectivity index (χ1v) is 8.15. The van der Waals surface area contributed by atoms with Crippen molar-refractivity contribution in [1.29, 1.82) is 0 Å². The minimum absolute atomic E-state index is 0.228. The number of rotatable bonds is 3. The summed E-state index contributed by atoms with van der Waals surface area (Å²) in [6.45, 7) is 4.10. The number of imidazole rings is 1. The second-order valence-corrected chi connectivity index (χ2v) is 7.11. The van der Waals surface area contributed by atoms with E-state index in [1.807, 2.05) is 18.5 Å². The molecular weight excluding hydrogens is 276 g/mol. The summed E-state index contributed by atoms with van der Waals surface area (Å²) in [5.41, 5.74) is 2.11. The van der Waals surface area contributed by atoms with Crippen molar-refractivity contribution in [2.45, 2.75) is 25.3 Å². The molecule has 0 aromatic carbocycles. The second kappa shape index (κ2) is 4.10. The number of aromatic nitrogens is 2. The molecule has 2 saturated carbocycles. The normalized spacial score (nSPS) is 31.0. The lowest BCUT2D eigenvalue weighted by atomic mass is 10.2. The van der Waals surface area contributed by atoms with E-state index < -0.39 is 0 Å². The first-order chi connectivity index (χ1) is 10.7. The molecule has 0 radical (unpaired) electrons. The van der Waals surface area contributed by atoms with Crippen LogP contribution in [0.4, 0.5) is 0 Å². The number of piperidine rings is 1. The predicted octanol–water partition coefficient (Wildman–Crippen LogP) is 1.21. The molecule has 1 amide bonds. The molecule has 3 fully saturated rings. The molecule has 114 valence electrons. The van der Waals surface area contributed by atoms with Gasteiger partial charge in [-0.25, -0.2) is 4.98 Å². The second-order valence-electron chi connectivity index (χ2n) is 7.11. The standard InChI is InChI=1S/C17H20N4O/c1-10-3-2-6-21-13(10)9-19-16(21)17(4-5-17)20-15(22)14-11-7-18-8-12(11)14/h2-3,6,9,11-12,14,18H,4-5,7-8H2,1H3,(H,20,22). The number of carbonyl (C=O) groups is 1. The zero-order valence-corrected chi connectivity index (χ0v) is 12.7. The van der Waals surface area contributed by atoms with Crippen molar-refractivity contribution >= 4 is 11.4 Å². The van der Waals surface area contributed by atoms with Gasteiger partial charge in [0.05, 0.1) is 17.3 Å². The van der Waals surface area contributed by atoms with Crippen LogP contribution in [-0.4, -0.2) is 28.4 Å². The zero-order valence-electron chi connectivity index (χ0n) is 12.7. The van der Waals surface area contributed by atoms with Crippen LogP contribution in [0.3, 0.4) is 0 Å². The largest absolute Gasteiger partial charge is 0.343 e. The Morgan fingerprint density at radius 3 is 2.91 bits per heavy atom. The van der Waals surface area contributed by atoms with Crippen LogP contribution in [0.2, 0.25) is 0 Å². The molecule has 1 aliphatic heterocycles. The number of pyridine rings is 1. The van der Waals surface area contributed by atoms with Crippen LogP contribution < -0.4 is 10.6 Å². The molecule has 2 unspecified atom stereocenters. The molecule has 2 aromatic rings. The Bertz CT molecular complexity index is 766. The van der Waals surface area contributed by atoms with Crippen LogP contribution in [0.5, 0.6) is 0 Å². The third-order valence-electron chi connectivity index (χ3n) is 5.72. The summed E-state index contributed by atoms with van der Waals surface area (Å²) in [7, 11) is 0. The maximum Gasteiger partial charge on any atom is 0.224 e. The minimum Gasteiger partial charge on any atom is -0.343 e. The number of fused-ring (bicyclic) bond motifs is 2. The van der Waals surface area contributed by atoms with Crippen molar-refractivity contribution in [3.05, 3.63) is 35.9 Å². The van der Waals surface area contributed by atoms with E-state index in [4.69, 9.17) is 0 Å². The van der Waals surface area contributed by atoms with E-state index in [-0.39, 0.29) is 17.4 Å². The van der Waals surface area contributed by atoms with Gasteiger partial charge in [0.1, 0.15) is 5.82 Å². The van der Waals surface area contributed by atoms with E-state index in [1.165, 1.54) is 5.56 Å². The maximum absolute atomic E-state index is 12.6. The van der Waals surface area contributed by atoms with E-state index in [1.54, 1.807) is 0 Å². The minimum atomic E-state index is -0.235. The van der Waals surface area contributed by atoms with Gasteiger partial charge in [0, 0.05) is 12.1 Å². The van der Waals surface area contributed by atoms with Crippen LogP contribution in [0, 0.1) is 24.7 Å². The van der Waals surface area contributed by atoms with Gasteiger partial charge in [-0.15, -0.1) is 0 Å². The van der Waals surface area contributed by atoms with Gasteiger partial charge >= 0.3 is 0 Å². The molecular formula is C17H20N4O. The SMILES string of the molecule is Cc1cccn2c(C3(NC(=O)C4C5CNCC54)CC3)ncc12. The molecule has 0 bridgehead atoms. The molecule has 2 atom stereocenters. The molecule has 2 N–H and O–H groups in total. The van der Waals surface area contributed by atoms with E-state index in [0.29, 0.717) is 11.8 Å². The monoisotopic (exact) mass is 296 g/mol. The van der Waals surface area contributed by atoms with E-state index >= 15 is 0 Å². The van der Waals surface area contributed by atoms with Crippen molar-refractivity contribution in [3.63, 3.8) is 0 Å². The average molecular weight is 296 g/mol. The Kier molecular flexibility index (Phi) is 2.36. The summed E-state index contributed by atoms with van der Waals surface area (Å²) in [6.07, 6.45) is 5.96. The van der Waals surface area contributed by atoms with Crippen molar-refractivity contribution in [1.82, 2.24) is 20.0 Å². The maximum atomic E-state index is 12.6. The highest BCUT2D eigenvalue weighted by molar-refractivity contribution is 5.83. The van der Waals surface area contributed by atoms with Gasteiger partial charge in [0.15, 0.2) is 0 Å². The van der Waals surface area contributed by atoms with E-state index in [9.17, 15) is 4.79 Å². The predicted molar refractivity (Wildman–Crippen MR) is 82.3 cm³/mol. The smallest absolute Gasteiger partial charge is 0.224 e. The van der Waals surface area contributed by atoms with E-state index in [0.717, 1.165) is 37.3 Å². The van der Waals surface area contributed by atoms with Gasteiger partial charge in [-0.3, -0.25) is 4.79 Å². The summed E-state index contributed by atoms with van der Waals surface area (Å²) >= 11 is 0. The third kappa shape index (κ3) is 1.63. The lowest BCUT2D eigenvalue weighted by Crippen LogP contribution is -2.39. The Labute approximate surface area is 129 Å². The van der Waals surface area contributed by atoms with Gasteiger partial charge in [0.25, 0.3) is 0 Å². The van der Waals surface area contributed by atoms with Gasteiger partial charge in [-0.05, 0) is 56.3 Å². The Balaban J connectivity index is 1.44. The van der Waals surface area contributed by atoms with Gasteiger partial charge in [0.2, 0.25) is 5.91 Å². The molecule has 22 heavy (non-hydrogen) atoms. The van der Waals surface area contributed by atoms with Gasteiger partial charge in [-0.2, -0.15) is 0 Å². The molecule has 5 nitrogen and oxygen atoms in total. The first kappa shape index (κ1) is 12.6. The fourth-order valence-corrected chi connectivity index (χ4v) is 4.17. The highest BCUT2D eigenvalue weighted by Gasteiger charge is 2.59. The number of nitrogens with one attached hydrogen (secondary N) is 2. The van der Waals surface area contributed by atoms with Crippen LogP contribution in [0.15, 0.2) is 24.5 Å². The third-order valence-corrected chi connectivity index (χ3v) is 5.72. The molecule has 2 aromatic heterocycles. The quantitative estimate of drug-likeness (QED) is 0.895. The van der Waals surface area contributed by atoms with Crippen molar-refractivity contribution in [2.24, 2.45) is 17.8 Å². The Hall–Kier alpha value is -1.88. The summed E-state index contributed by atoms with van der Waals surface area (Å²) < 4.78 is 2.14. The van der Waals surface area contributed by atoms with Crippen LogP contribution >= 0.6 is 0 Å². The number of nitrogens with zero attached hydrogens (tertiary/aromatic N) is 2. The van der Waals surface area contributed by atoms with Crippen molar-refractivity contribution in [2.75, 3.05) is 13.1 Å². The fourth-order valence-electron chi connectivity index (χ4n) is 4.17. The molecule has 0 spiro atoms. The number of hydrogen-bond acceptors (Lipinski definition) is 3. The molecule has 5 rings (SSSR count). The highest BCUT2D eigenvalue weighted by Crippen LogP contribution is 2.51. The summed E-state index contributed by atoms with van der Waals surface area (Å²) in [5.74, 6) is 2.58. The van der Waals surface area contributed by atoms with Crippen molar-refractivity contribution < 1.29 is 4.79 Å². The number of carbonyl (C=O) groups excluding carboxylic acids is 1. The number of amides is 1. The Morgan fingerprint density at radius 2 is 2.18 bits per heavy atom. The first-order valence-electron chi connectivity index (χ1n) is 8.15. The fraction of sp³-hybridized carbons (Fsp3) is 0.529. The highest BCUT2D eigenvalue weighted by atomic mass is 16.2. The Morgan fingerprint density at radius 1 is 1.41 bits per heavy atom. The topological polar surface area (TPSA) is 58.4 Å². The van der Waals surface area contributed by atoms with Crippen LogP contribution in [0.1, 0.15) is 24.2 Å². The molecule has 3 heterocycles. The number of aryl methyl sites for hydroxylation is 1. The van der Waals surface area contributed by atoms with Crippen LogP contribution in [0.25, 0.3) is 5.52 Å². The zero-order chi connectivity index (χ0) is 14.9. The van der Waals surface area contributed by atoms with Gasteiger partial charge in [-0.1, -0.05) is 6.07 Å².